The fourth-order valence-corrected chi connectivity index (χ4v) is 4.18. The van der Waals surface area contributed by atoms with E-state index in [2.05, 4.69) is 26.5 Å². The highest BCUT2D eigenvalue weighted by molar-refractivity contribution is 6.31. The van der Waals surface area contributed by atoms with Gasteiger partial charge in [0.05, 0.1) is 16.2 Å². The van der Waals surface area contributed by atoms with Gasteiger partial charge < -0.3 is 20.3 Å². The Kier molecular flexibility index (Phi) is 7.72. The molecule has 0 aliphatic carbocycles. The Morgan fingerprint density at radius 2 is 2.11 bits per heavy atom. The van der Waals surface area contributed by atoms with Crippen molar-refractivity contribution in [3.63, 3.8) is 0 Å². The molecule has 2 heterocycles. The van der Waals surface area contributed by atoms with E-state index in [1.54, 1.807) is 12.1 Å². The molecule has 2 amide bonds. The number of hydrogen-bond donors (Lipinski definition) is 2. The number of amides is 2. The van der Waals surface area contributed by atoms with Crippen LogP contribution >= 0.6 is 23.2 Å². The molecular formula is C24H19Cl2F2N5O3. The van der Waals surface area contributed by atoms with Crippen LogP contribution in [0.3, 0.4) is 0 Å². The van der Waals surface area contributed by atoms with Gasteiger partial charge >= 0.3 is 0 Å². The molecule has 3 aromatic rings. The van der Waals surface area contributed by atoms with Crippen LogP contribution in [0, 0.1) is 18.2 Å². The average molecular weight is 534 g/mol. The number of likely N-dealkylation sites (tertiary alicyclic amines) is 1. The van der Waals surface area contributed by atoms with E-state index in [1.165, 1.54) is 24.5 Å². The number of rotatable bonds is 7. The Labute approximate surface area is 214 Å². The molecule has 12 heteroatoms. The van der Waals surface area contributed by atoms with E-state index in [0.717, 1.165) is 4.90 Å². The standard InChI is InChI=1S/C24H19Cl2F2N5O3/c1-2-8-36-20-11-17-14(22(30-12-29-17)31-13-5-6-16(27)15(25)9-13)10-18(20)32-23(34)19-4-3-7-33(19)24(35)21(26)28/h1,5-6,9-12,19,21H,3-4,7-8H2,(H,32,34)(H,29,30,31)/t19-,21?/m0/s1. The van der Waals surface area contributed by atoms with E-state index in [1.807, 2.05) is 0 Å². The first-order valence-electron chi connectivity index (χ1n) is 10.7. The summed E-state index contributed by atoms with van der Waals surface area (Å²) in [5, 5.41) is 6.21. The molecule has 36 heavy (non-hydrogen) atoms. The molecule has 186 valence electrons. The molecule has 1 fully saturated rings. The van der Waals surface area contributed by atoms with Gasteiger partial charge in [-0.25, -0.2) is 18.7 Å². The van der Waals surface area contributed by atoms with Crippen molar-refractivity contribution >= 4 is 63.1 Å². The van der Waals surface area contributed by atoms with Gasteiger partial charge in [-0.3, -0.25) is 9.59 Å². The fourth-order valence-electron chi connectivity index (χ4n) is 3.88. The zero-order valence-electron chi connectivity index (χ0n) is 18.6. The van der Waals surface area contributed by atoms with Crippen molar-refractivity contribution in [2.75, 3.05) is 23.8 Å². The van der Waals surface area contributed by atoms with Gasteiger partial charge in [0.25, 0.3) is 11.5 Å². The molecule has 1 saturated heterocycles. The lowest BCUT2D eigenvalue weighted by atomic mass is 10.1. The number of nitrogens with zero attached hydrogens (tertiary/aromatic N) is 3. The number of fused-ring (bicyclic) bond motifs is 1. The molecular weight excluding hydrogens is 515 g/mol. The molecule has 4 rings (SSSR count). The first-order chi connectivity index (χ1) is 17.3. The van der Waals surface area contributed by atoms with Crippen LogP contribution in [0.25, 0.3) is 10.9 Å². The van der Waals surface area contributed by atoms with Gasteiger partial charge in [0, 0.05) is 23.7 Å². The molecule has 1 aliphatic rings. The van der Waals surface area contributed by atoms with Crippen LogP contribution in [0.15, 0.2) is 36.7 Å². The second-order valence-electron chi connectivity index (χ2n) is 7.81. The van der Waals surface area contributed by atoms with Gasteiger partial charge in [-0.2, -0.15) is 0 Å². The SMILES string of the molecule is C#CCOc1cc2ncnc(Nc3ccc(F)c(Cl)c3)c2cc1NC(=O)[C@@H]1CCCN1C(=O)C(F)Cl. The van der Waals surface area contributed by atoms with Crippen LogP contribution in [-0.2, 0) is 9.59 Å². The third-order valence-electron chi connectivity index (χ3n) is 5.51. The number of carbonyl (C=O) groups excluding carboxylic acids is 2. The number of hydrogen-bond acceptors (Lipinski definition) is 6. The summed E-state index contributed by atoms with van der Waals surface area (Å²) in [6.45, 7) is 0.132. The number of alkyl halides is 2. The normalized spacial score (nSPS) is 15.9. The maximum Gasteiger partial charge on any atom is 0.273 e. The Balaban J connectivity index is 1.69. The quantitative estimate of drug-likeness (QED) is 0.339. The van der Waals surface area contributed by atoms with E-state index in [0.29, 0.717) is 35.2 Å². The van der Waals surface area contributed by atoms with Crippen LogP contribution in [0.5, 0.6) is 5.75 Å². The Morgan fingerprint density at radius 3 is 2.83 bits per heavy atom. The summed E-state index contributed by atoms with van der Waals surface area (Å²) in [4.78, 5) is 34.8. The minimum Gasteiger partial charge on any atom is -0.479 e. The lowest BCUT2D eigenvalue weighted by Crippen LogP contribution is -2.45. The monoisotopic (exact) mass is 533 g/mol. The van der Waals surface area contributed by atoms with Gasteiger partial charge in [0.2, 0.25) is 5.91 Å². The molecule has 0 bridgehead atoms. The smallest absolute Gasteiger partial charge is 0.273 e. The zero-order chi connectivity index (χ0) is 25.8. The van der Waals surface area contributed by atoms with Gasteiger partial charge in [-0.15, -0.1) is 6.42 Å². The zero-order valence-corrected chi connectivity index (χ0v) is 20.1. The van der Waals surface area contributed by atoms with Gasteiger partial charge in [-0.05, 0) is 37.1 Å². The van der Waals surface area contributed by atoms with Gasteiger partial charge in [-0.1, -0.05) is 29.1 Å². The van der Waals surface area contributed by atoms with Crippen LogP contribution in [0.1, 0.15) is 12.8 Å². The maximum absolute atomic E-state index is 13.6. The molecule has 2 atom stereocenters. The lowest BCUT2D eigenvalue weighted by Gasteiger charge is -2.24. The summed E-state index contributed by atoms with van der Waals surface area (Å²) in [7, 11) is 0. The minimum absolute atomic E-state index is 0.0700. The molecule has 2 N–H and O–H groups in total. The number of nitrogens with one attached hydrogen (secondary N) is 2. The number of ether oxygens (including phenoxy) is 1. The molecule has 2 aromatic carbocycles. The summed E-state index contributed by atoms with van der Waals surface area (Å²) in [6.07, 6.45) is 7.51. The topological polar surface area (TPSA) is 96.5 Å². The number of halogens is 4. The number of terminal acetylenes is 1. The molecule has 1 unspecified atom stereocenters. The summed E-state index contributed by atoms with van der Waals surface area (Å²) >= 11 is 11.2. The largest absolute Gasteiger partial charge is 0.479 e. The van der Waals surface area contributed by atoms with Crippen molar-refractivity contribution in [3.05, 3.63) is 47.5 Å². The third kappa shape index (κ3) is 5.42. The molecule has 1 aromatic heterocycles. The number of anilines is 3. The van der Waals surface area contributed by atoms with Crippen molar-refractivity contribution in [3.8, 4) is 18.1 Å². The van der Waals surface area contributed by atoms with E-state index >= 15 is 0 Å². The van der Waals surface area contributed by atoms with E-state index in [-0.39, 0.29) is 29.6 Å². The predicted molar refractivity (Wildman–Crippen MR) is 133 cm³/mol. The summed E-state index contributed by atoms with van der Waals surface area (Å²) in [6, 6.07) is 6.34. The Morgan fingerprint density at radius 1 is 1.31 bits per heavy atom. The summed E-state index contributed by atoms with van der Waals surface area (Å²) < 4.78 is 32.6. The Bertz CT molecular complexity index is 1370. The maximum atomic E-state index is 13.6. The van der Waals surface area contributed by atoms with Crippen molar-refractivity contribution in [1.29, 1.82) is 0 Å². The molecule has 0 spiro atoms. The average Bonchev–Trinajstić information content (AvgIpc) is 3.35. The number of aromatic nitrogens is 2. The van der Waals surface area contributed by atoms with Gasteiger partial charge in [0.15, 0.2) is 0 Å². The summed E-state index contributed by atoms with van der Waals surface area (Å²) in [5.41, 5.74) is -1.06. The highest BCUT2D eigenvalue weighted by atomic mass is 35.5. The van der Waals surface area contributed by atoms with Crippen molar-refractivity contribution in [1.82, 2.24) is 14.9 Å². The number of carbonyl (C=O) groups is 2. The van der Waals surface area contributed by atoms with Crippen LogP contribution in [0.4, 0.5) is 26.0 Å². The minimum atomic E-state index is -2.24. The lowest BCUT2D eigenvalue weighted by molar-refractivity contribution is -0.138. The van der Waals surface area contributed by atoms with Crippen molar-refractivity contribution in [2.45, 2.75) is 24.5 Å². The second-order valence-corrected chi connectivity index (χ2v) is 8.60. The first kappa shape index (κ1) is 25.4. The molecule has 0 saturated carbocycles. The second kappa shape index (κ2) is 10.9. The summed E-state index contributed by atoms with van der Waals surface area (Å²) in [5.74, 6) is 0.868. The van der Waals surface area contributed by atoms with Crippen LogP contribution < -0.4 is 15.4 Å². The van der Waals surface area contributed by atoms with E-state index in [9.17, 15) is 18.4 Å². The highest BCUT2D eigenvalue weighted by Gasteiger charge is 2.37. The van der Waals surface area contributed by atoms with Crippen molar-refractivity contribution in [2.24, 2.45) is 0 Å². The van der Waals surface area contributed by atoms with Crippen molar-refractivity contribution < 1.29 is 23.1 Å². The third-order valence-corrected chi connectivity index (χ3v) is 5.99. The van der Waals surface area contributed by atoms with Crippen LogP contribution in [-0.4, -0.2) is 51.5 Å². The Hall–Kier alpha value is -3.68. The van der Waals surface area contributed by atoms with E-state index in [4.69, 9.17) is 34.4 Å². The van der Waals surface area contributed by atoms with Gasteiger partial charge in [0.1, 0.15) is 36.4 Å². The highest BCUT2D eigenvalue weighted by Crippen LogP contribution is 2.34. The first-order valence-corrected chi connectivity index (χ1v) is 11.6. The number of benzene rings is 2. The molecule has 0 radical (unpaired) electrons. The van der Waals surface area contributed by atoms with E-state index < -0.39 is 29.3 Å². The van der Waals surface area contributed by atoms with Crippen LogP contribution in [0.2, 0.25) is 5.02 Å². The molecule has 8 nitrogen and oxygen atoms in total. The fraction of sp³-hybridized carbons (Fsp3) is 0.250. The predicted octanol–water partition coefficient (Wildman–Crippen LogP) is 4.64. The molecule has 1 aliphatic heterocycles.